The average molecular weight is 350 g/mol. The second-order valence-electron chi connectivity index (χ2n) is 5.10. The Morgan fingerprint density at radius 1 is 1.00 bits per heavy atom. The summed E-state index contributed by atoms with van der Waals surface area (Å²) in [5.41, 5.74) is 1.59. The maximum atomic E-state index is 2.41. The zero-order valence-corrected chi connectivity index (χ0v) is 14.0. The van der Waals surface area contributed by atoms with Gasteiger partial charge in [0.15, 0.2) is 0 Å². The molecule has 16 heavy (non-hydrogen) atoms. The van der Waals surface area contributed by atoms with Crippen LogP contribution < -0.4 is 29.3 Å². The lowest BCUT2D eigenvalue weighted by atomic mass is 10.1. The predicted molar refractivity (Wildman–Crippen MR) is 74.0 cm³/mol. The third kappa shape index (κ3) is 5.14. The molecule has 0 spiro atoms. The molecular weight excluding hydrogens is 326 g/mol. The van der Waals surface area contributed by atoms with Gasteiger partial charge in [-0.25, -0.2) is 0 Å². The van der Waals surface area contributed by atoms with Gasteiger partial charge < -0.3 is 24.0 Å². The second kappa shape index (κ2) is 7.66. The molecule has 0 bridgehead atoms. The van der Waals surface area contributed by atoms with E-state index in [4.69, 9.17) is 0 Å². The third-order valence-electron chi connectivity index (χ3n) is 2.76. The summed E-state index contributed by atoms with van der Waals surface area (Å²) in [6, 6.07) is 9.01. The van der Waals surface area contributed by atoms with Crippen molar-refractivity contribution in [1.29, 1.82) is 0 Å². The zero-order valence-electron chi connectivity index (χ0n) is 11.0. The van der Waals surface area contributed by atoms with Gasteiger partial charge in [0.25, 0.3) is 0 Å². The van der Waals surface area contributed by atoms with Crippen LogP contribution in [0.2, 0.25) is 0 Å². The van der Waals surface area contributed by atoms with Crippen LogP contribution in [0.4, 0.5) is 0 Å². The number of halogens is 1. The molecule has 1 aromatic rings. The smallest absolute Gasteiger partial charge is 0.0962 e. The van der Waals surface area contributed by atoms with Crippen LogP contribution in [0.1, 0.15) is 31.7 Å². The molecule has 1 aromatic carbocycles. The number of unbranched alkanes of at least 4 members (excludes halogenated alkanes) is 2. The van der Waals surface area contributed by atoms with E-state index in [1.807, 2.05) is 0 Å². The van der Waals surface area contributed by atoms with E-state index in [1.54, 1.807) is 10.9 Å². The molecule has 0 saturated heterocycles. The third-order valence-corrected chi connectivity index (χ3v) is 4.65. The minimum atomic E-state index is -0.854. The van der Waals surface area contributed by atoms with Gasteiger partial charge in [-0.1, -0.05) is 38.0 Å². The summed E-state index contributed by atoms with van der Waals surface area (Å²) in [5.74, 6) is 0. The molecule has 0 nitrogen and oxygen atoms in total. The van der Waals surface area contributed by atoms with Gasteiger partial charge in [0.1, 0.15) is 0 Å². The molecule has 2 heteroatoms. The first-order valence-corrected chi connectivity index (χ1v) is 9.08. The van der Waals surface area contributed by atoms with Gasteiger partial charge in [-0.2, -0.15) is 0 Å². The number of rotatable bonds is 5. The Morgan fingerprint density at radius 2 is 1.62 bits per heavy atom. The van der Waals surface area contributed by atoms with Gasteiger partial charge in [0.2, 0.25) is 0 Å². The maximum Gasteiger partial charge on any atom is 0.0962 e. The predicted octanol–water partition coefficient (Wildman–Crippen LogP) is 0.956. The highest BCUT2D eigenvalue weighted by Crippen LogP contribution is 2.46. The molecule has 0 N–H and O–H groups in total. The summed E-state index contributed by atoms with van der Waals surface area (Å²) in [5, 5.41) is 1.63. The van der Waals surface area contributed by atoms with Gasteiger partial charge >= 0.3 is 0 Å². The van der Waals surface area contributed by atoms with Crippen molar-refractivity contribution in [2.45, 2.75) is 32.6 Å². The number of hydrogen-bond acceptors (Lipinski definition) is 0. The van der Waals surface area contributed by atoms with Crippen molar-refractivity contribution in [1.82, 2.24) is 0 Å². The van der Waals surface area contributed by atoms with Crippen molar-refractivity contribution in [3.05, 3.63) is 29.8 Å². The van der Waals surface area contributed by atoms with Crippen LogP contribution in [0, 0.1) is 0 Å². The van der Waals surface area contributed by atoms with Crippen LogP contribution >= 0.6 is 7.26 Å². The molecule has 0 atom stereocenters. The molecular formula is C14H24IP. The standard InChI is InChI=1S/C14H24P.HI/c1-5-6-7-10-13-11-8-9-12-14(13)15(2,3)4;/h8-9,11-12H,5-7,10H2,1-4H3;1H/q+1;/p-1. The quantitative estimate of drug-likeness (QED) is 0.422. The monoisotopic (exact) mass is 350 g/mol. The molecule has 0 heterocycles. The largest absolute Gasteiger partial charge is 1.00 e. The number of hydrogen-bond donors (Lipinski definition) is 0. The summed E-state index contributed by atoms with van der Waals surface area (Å²) >= 11 is 0. The van der Waals surface area contributed by atoms with Crippen LogP contribution in [-0.4, -0.2) is 20.0 Å². The maximum absolute atomic E-state index is 2.41. The Labute approximate surface area is 119 Å². The summed E-state index contributed by atoms with van der Waals surface area (Å²) in [4.78, 5) is 0. The fraction of sp³-hybridized carbons (Fsp3) is 0.571. The summed E-state index contributed by atoms with van der Waals surface area (Å²) in [6.07, 6.45) is 5.28. The summed E-state index contributed by atoms with van der Waals surface area (Å²) in [7, 11) is -0.854. The normalized spacial score (nSPS) is 11.0. The summed E-state index contributed by atoms with van der Waals surface area (Å²) in [6.45, 7) is 9.49. The molecule has 0 aliphatic heterocycles. The van der Waals surface area contributed by atoms with Crippen molar-refractivity contribution in [2.24, 2.45) is 0 Å². The molecule has 92 valence electrons. The first-order valence-electron chi connectivity index (χ1n) is 5.95. The van der Waals surface area contributed by atoms with Crippen molar-refractivity contribution >= 4 is 12.6 Å². The Hall–Kier alpha value is 0.380. The van der Waals surface area contributed by atoms with Gasteiger partial charge in [0, 0.05) is 7.26 Å². The molecule has 1 rings (SSSR count). The average Bonchev–Trinajstić information content (AvgIpc) is 2.17. The Balaban J connectivity index is 0.00000225. The fourth-order valence-corrected chi connectivity index (χ4v) is 3.52. The Kier molecular flexibility index (Phi) is 7.84. The van der Waals surface area contributed by atoms with Crippen molar-refractivity contribution in [3.63, 3.8) is 0 Å². The highest BCUT2D eigenvalue weighted by Gasteiger charge is 2.23. The van der Waals surface area contributed by atoms with Crippen LogP contribution in [0.3, 0.4) is 0 Å². The zero-order chi connectivity index (χ0) is 11.3. The first kappa shape index (κ1) is 16.4. The second-order valence-corrected chi connectivity index (χ2v) is 9.61. The lowest BCUT2D eigenvalue weighted by Crippen LogP contribution is -3.00. The van der Waals surface area contributed by atoms with E-state index in [0.717, 1.165) is 0 Å². The van der Waals surface area contributed by atoms with E-state index in [0.29, 0.717) is 0 Å². The van der Waals surface area contributed by atoms with E-state index in [-0.39, 0.29) is 24.0 Å². The molecule has 0 amide bonds. The molecule has 0 aliphatic rings. The highest BCUT2D eigenvalue weighted by molar-refractivity contribution is 7.81. The van der Waals surface area contributed by atoms with Crippen LogP contribution in [0.5, 0.6) is 0 Å². The minimum absolute atomic E-state index is 0. The topological polar surface area (TPSA) is 0 Å². The van der Waals surface area contributed by atoms with Gasteiger partial charge in [-0.05, 0) is 24.5 Å². The fourth-order valence-electron chi connectivity index (χ4n) is 1.94. The molecule has 0 radical (unpaired) electrons. The van der Waals surface area contributed by atoms with Crippen molar-refractivity contribution in [2.75, 3.05) is 20.0 Å². The van der Waals surface area contributed by atoms with E-state index in [1.165, 1.54) is 25.7 Å². The van der Waals surface area contributed by atoms with Gasteiger partial charge in [-0.15, -0.1) is 0 Å². The van der Waals surface area contributed by atoms with Crippen molar-refractivity contribution < 1.29 is 24.0 Å². The lowest BCUT2D eigenvalue weighted by molar-refractivity contribution is -0.00000344. The van der Waals surface area contributed by atoms with E-state index in [2.05, 4.69) is 51.2 Å². The summed E-state index contributed by atoms with van der Waals surface area (Å²) < 4.78 is 0. The minimum Gasteiger partial charge on any atom is -1.00 e. The SMILES string of the molecule is CCCCCc1ccccc1[P+](C)(C)C.[I-]. The van der Waals surface area contributed by atoms with E-state index < -0.39 is 7.26 Å². The van der Waals surface area contributed by atoms with Gasteiger partial charge in [-0.3, -0.25) is 0 Å². The molecule has 0 aromatic heterocycles. The molecule has 0 aliphatic carbocycles. The van der Waals surface area contributed by atoms with Crippen LogP contribution in [-0.2, 0) is 6.42 Å². The van der Waals surface area contributed by atoms with Crippen LogP contribution in [0.25, 0.3) is 0 Å². The molecule has 0 fully saturated rings. The Morgan fingerprint density at radius 3 is 2.19 bits per heavy atom. The lowest BCUT2D eigenvalue weighted by Gasteiger charge is -2.15. The van der Waals surface area contributed by atoms with E-state index >= 15 is 0 Å². The van der Waals surface area contributed by atoms with Crippen molar-refractivity contribution in [3.8, 4) is 0 Å². The Bertz CT molecular complexity index is 302. The van der Waals surface area contributed by atoms with Crippen LogP contribution in [0.15, 0.2) is 24.3 Å². The number of benzene rings is 1. The first-order chi connectivity index (χ1) is 7.05. The number of aryl methyl sites for hydroxylation is 1. The van der Waals surface area contributed by atoms with E-state index in [9.17, 15) is 0 Å². The molecule has 0 unspecified atom stereocenters. The highest BCUT2D eigenvalue weighted by atomic mass is 127. The molecule has 0 saturated carbocycles. The van der Waals surface area contributed by atoms with Gasteiger partial charge in [0.05, 0.1) is 25.3 Å².